The molecule has 0 N–H and O–H groups in total. The Kier molecular flexibility index (Phi) is 4.85. The summed E-state index contributed by atoms with van der Waals surface area (Å²) in [4.78, 5) is 0.950. The highest BCUT2D eigenvalue weighted by molar-refractivity contribution is 7.91. The van der Waals surface area contributed by atoms with Crippen LogP contribution in [0.5, 0.6) is 0 Å². The largest absolute Gasteiger partial charge is 0.252 e. The molecule has 0 bridgehead atoms. The monoisotopic (exact) mass is 378 g/mol. The van der Waals surface area contributed by atoms with Crippen molar-refractivity contribution in [3.63, 3.8) is 0 Å². The average molecular weight is 379 g/mol. The Bertz CT molecular complexity index is 756. The lowest BCUT2D eigenvalue weighted by Gasteiger charge is -2.34. The first kappa shape index (κ1) is 17.3. The molecule has 1 saturated carbocycles. The number of rotatable bonds is 4. The minimum atomic E-state index is -3.50. The van der Waals surface area contributed by atoms with Crippen molar-refractivity contribution in [3.8, 4) is 0 Å². The summed E-state index contributed by atoms with van der Waals surface area (Å²) in [6.07, 6.45) is 3.40. The van der Waals surface area contributed by atoms with Gasteiger partial charge in [0.1, 0.15) is 4.21 Å². The zero-order valence-electron chi connectivity index (χ0n) is 13.1. The number of hydrogen-bond acceptors (Lipinski definition) is 5. The van der Waals surface area contributed by atoms with E-state index in [-0.39, 0.29) is 31.4 Å². The fourth-order valence-electron chi connectivity index (χ4n) is 3.24. The first-order valence-corrected chi connectivity index (χ1v) is 11.6. The predicted molar refractivity (Wildman–Crippen MR) is 90.6 cm³/mol. The van der Waals surface area contributed by atoms with Gasteiger partial charge in [-0.15, -0.1) is 11.3 Å². The summed E-state index contributed by atoms with van der Waals surface area (Å²) in [5.41, 5.74) is 0. The molecule has 1 saturated heterocycles. The zero-order valence-corrected chi connectivity index (χ0v) is 15.6. The molecule has 23 heavy (non-hydrogen) atoms. The second-order valence-corrected chi connectivity index (χ2v) is 11.8. The average Bonchev–Trinajstić information content (AvgIpc) is 3.19. The molecule has 2 fully saturated rings. The first-order chi connectivity index (χ1) is 10.8. The fraction of sp³-hybridized carbons (Fsp3) is 0.714. The van der Waals surface area contributed by atoms with E-state index in [1.54, 1.807) is 12.1 Å². The van der Waals surface area contributed by atoms with Gasteiger partial charge in [0.15, 0.2) is 0 Å². The van der Waals surface area contributed by atoms with Gasteiger partial charge in [0.05, 0.1) is 5.25 Å². The molecule has 1 aromatic heterocycles. The third-order valence-corrected chi connectivity index (χ3v) is 10.4. The van der Waals surface area contributed by atoms with Crippen LogP contribution in [0.3, 0.4) is 0 Å². The third-order valence-electron chi connectivity index (χ3n) is 4.59. The van der Waals surface area contributed by atoms with Crippen LogP contribution in [0.25, 0.3) is 0 Å². The van der Waals surface area contributed by atoms with Crippen LogP contribution in [0.1, 0.15) is 30.6 Å². The lowest BCUT2D eigenvalue weighted by atomic mass is 10.4. The number of nitrogens with zero attached hydrogens (tertiary/aromatic N) is 2. The van der Waals surface area contributed by atoms with E-state index >= 15 is 0 Å². The maximum absolute atomic E-state index is 12.6. The maximum atomic E-state index is 12.6. The summed E-state index contributed by atoms with van der Waals surface area (Å²) in [6.45, 7) is 2.83. The summed E-state index contributed by atoms with van der Waals surface area (Å²) in [5.74, 6) is 0. The smallest absolute Gasteiger partial charge is 0.212 e. The summed E-state index contributed by atoms with van der Waals surface area (Å²) in [6, 6.07) is 3.41. The van der Waals surface area contributed by atoms with Crippen molar-refractivity contribution in [1.29, 1.82) is 0 Å². The highest BCUT2D eigenvalue weighted by Gasteiger charge is 2.38. The van der Waals surface area contributed by atoms with Crippen LogP contribution >= 0.6 is 11.3 Å². The summed E-state index contributed by atoms with van der Waals surface area (Å²) in [5, 5.41) is -0.273. The molecule has 0 amide bonds. The molecule has 1 aromatic rings. The molecule has 2 heterocycles. The van der Waals surface area contributed by atoms with Gasteiger partial charge in [-0.2, -0.15) is 8.61 Å². The molecular formula is C14H22N2O4S3. The lowest BCUT2D eigenvalue weighted by molar-refractivity contribution is 0.271. The van der Waals surface area contributed by atoms with Crippen molar-refractivity contribution in [3.05, 3.63) is 17.0 Å². The molecule has 2 aliphatic rings. The maximum Gasteiger partial charge on any atom is 0.252 e. The quantitative estimate of drug-likeness (QED) is 0.798. The van der Waals surface area contributed by atoms with Crippen molar-refractivity contribution < 1.29 is 16.8 Å². The van der Waals surface area contributed by atoms with E-state index in [2.05, 4.69) is 0 Å². The van der Waals surface area contributed by atoms with E-state index in [1.807, 2.05) is 6.92 Å². The van der Waals surface area contributed by atoms with Crippen LogP contribution < -0.4 is 0 Å². The first-order valence-electron chi connectivity index (χ1n) is 7.87. The second-order valence-electron chi connectivity index (χ2n) is 6.12. The van der Waals surface area contributed by atoms with Crippen LogP contribution in [0.4, 0.5) is 0 Å². The fourth-order valence-corrected chi connectivity index (χ4v) is 8.12. The van der Waals surface area contributed by atoms with E-state index in [9.17, 15) is 16.8 Å². The van der Waals surface area contributed by atoms with Crippen molar-refractivity contribution in [2.45, 2.75) is 42.1 Å². The van der Waals surface area contributed by atoms with Gasteiger partial charge in [-0.3, -0.25) is 0 Å². The van der Waals surface area contributed by atoms with Crippen LogP contribution in [-0.2, 0) is 20.0 Å². The topological polar surface area (TPSA) is 74.8 Å². The standard InChI is InChI=1S/C14H22N2O4S3/c1-12-6-7-14(21-12)23(19,20)16-10-8-15(9-11-16)22(17,18)13-4-2-3-5-13/h6-7,13H,2-5,8-11H2,1H3. The van der Waals surface area contributed by atoms with Gasteiger partial charge in [0, 0.05) is 31.1 Å². The van der Waals surface area contributed by atoms with Crippen LogP contribution in [0.15, 0.2) is 16.3 Å². The second kappa shape index (κ2) is 6.44. The Hall–Kier alpha value is -0.480. The molecule has 0 atom stereocenters. The molecule has 0 aromatic carbocycles. The van der Waals surface area contributed by atoms with Gasteiger partial charge in [0.2, 0.25) is 10.0 Å². The van der Waals surface area contributed by atoms with E-state index < -0.39 is 20.0 Å². The Morgan fingerprint density at radius 3 is 2.04 bits per heavy atom. The summed E-state index contributed by atoms with van der Waals surface area (Å²) in [7, 11) is -6.78. The number of sulfonamides is 2. The van der Waals surface area contributed by atoms with Crippen molar-refractivity contribution >= 4 is 31.4 Å². The molecule has 3 rings (SSSR count). The molecule has 1 aliphatic carbocycles. The highest BCUT2D eigenvalue weighted by atomic mass is 32.2. The van der Waals surface area contributed by atoms with Crippen LogP contribution in [0, 0.1) is 6.92 Å². The van der Waals surface area contributed by atoms with E-state index in [4.69, 9.17) is 0 Å². The summed E-state index contributed by atoms with van der Waals surface area (Å²) < 4.78 is 53.5. The Labute approximate surface area is 142 Å². The summed E-state index contributed by atoms with van der Waals surface area (Å²) >= 11 is 1.25. The minimum Gasteiger partial charge on any atom is -0.212 e. The van der Waals surface area contributed by atoms with Crippen LogP contribution in [-0.4, -0.2) is 56.9 Å². The molecule has 1 aliphatic heterocycles. The number of piperazine rings is 1. The number of aryl methyl sites for hydroxylation is 1. The third kappa shape index (κ3) is 3.34. The molecule has 6 nitrogen and oxygen atoms in total. The van der Waals surface area contributed by atoms with Gasteiger partial charge in [-0.1, -0.05) is 12.8 Å². The van der Waals surface area contributed by atoms with Crippen molar-refractivity contribution in [1.82, 2.24) is 8.61 Å². The van der Waals surface area contributed by atoms with E-state index in [0.29, 0.717) is 4.21 Å². The minimum absolute atomic E-state index is 0.227. The van der Waals surface area contributed by atoms with Gasteiger partial charge in [-0.25, -0.2) is 16.8 Å². The Morgan fingerprint density at radius 2 is 1.52 bits per heavy atom. The lowest BCUT2D eigenvalue weighted by Crippen LogP contribution is -2.52. The van der Waals surface area contributed by atoms with Gasteiger partial charge in [0.25, 0.3) is 10.0 Å². The van der Waals surface area contributed by atoms with E-state index in [0.717, 1.165) is 30.6 Å². The number of hydrogen-bond donors (Lipinski definition) is 0. The molecule has 9 heteroatoms. The SMILES string of the molecule is Cc1ccc(S(=O)(=O)N2CCN(S(=O)(=O)C3CCCC3)CC2)s1. The molecule has 130 valence electrons. The van der Waals surface area contributed by atoms with E-state index in [1.165, 1.54) is 19.9 Å². The van der Waals surface area contributed by atoms with Gasteiger partial charge in [-0.05, 0) is 31.9 Å². The zero-order chi connectivity index (χ0) is 16.7. The normalized spacial score (nSPS) is 22.7. The molecule has 0 radical (unpaired) electrons. The molecule has 0 spiro atoms. The van der Waals surface area contributed by atoms with Crippen LogP contribution in [0.2, 0.25) is 0 Å². The van der Waals surface area contributed by atoms with Gasteiger partial charge < -0.3 is 0 Å². The molecule has 0 unspecified atom stereocenters. The Balaban J connectivity index is 1.69. The highest BCUT2D eigenvalue weighted by Crippen LogP contribution is 2.29. The number of thiophene rings is 1. The predicted octanol–water partition coefficient (Wildman–Crippen LogP) is 1.64. The van der Waals surface area contributed by atoms with Crippen molar-refractivity contribution in [2.75, 3.05) is 26.2 Å². The van der Waals surface area contributed by atoms with Crippen molar-refractivity contribution in [2.24, 2.45) is 0 Å². The molecular weight excluding hydrogens is 356 g/mol. The van der Waals surface area contributed by atoms with Gasteiger partial charge >= 0.3 is 0 Å². The Morgan fingerprint density at radius 1 is 0.957 bits per heavy atom.